The second-order valence-electron chi connectivity index (χ2n) is 7.64. The van der Waals surface area contributed by atoms with E-state index in [0.717, 1.165) is 53.2 Å². The third kappa shape index (κ3) is 3.08. The molecule has 156 valence electrons. The van der Waals surface area contributed by atoms with Gasteiger partial charge in [0.2, 0.25) is 0 Å². The molecule has 0 amide bonds. The van der Waals surface area contributed by atoms with Crippen molar-refractivity contribution in [1.82, 2.24) is 35.1 Å². The highest BCUT2D eigenvalue weighted by molar-refractivity contribution is 5.91. The highest BCUT2D eigenvalue weighted by atomic mass is 16.5. The van der Waals surface area contributed by atoms with Crippen LogP contribution < -0.4 is 10.2 Å². The maximum Gasteiger partial charge on any atom is 0.161 e. The average molecular weight is 415 g/mol. The summed E-state index contributed by atoms with van der Waals surface area (Å²) in [5.41, 5.74) is 5.26. The molecule has 0 saturated carbocycles. The standard InChI is InChI=1S/C21H21N9O/c1-12-10-31-7-6-30(12)13-2-3-15-16(8-13)27-21(26-15)18-17(9-25-29-18)28-20-14-4-5-22-19(14)23-11-24-20/h2-5,8-9,11-12H,6-7,10H2,1H3,(H,25,29)(H,26,27)(H2,22,23,24,28). The molecule has 0 aliphatic carbocycles. The van der Waals surface area contributed by atoms with E-state index in [1.807, 2.05) is 12.3 Å². The van der Waals surface area contributed by atoms with Crippen molar-refractivity contribution in [2.75, 3.05) is 30.0 Å². The van der Waals surface area contributed by atoms with Gasteiger partial charge in [0.1, 0.15) is 17.8 Å². The molecule has 31 heavy (non-hydrogen) atoms. The largest absolute Gasteiger partial charge is 0.377 e. The van der Waals surface area contributed by atoms with Gasteiger partial charge in [-0.1, -0.05) is 0 Å². The molecule has 5 aromatic rings. The third-order valence-electron chi connectivity index (χ3n) is 5.64. The van der Waals surface area contributed by atoms with Gasteiger partial charge in [0.05, 0.1) is 35.3 Å². The predicted octanol–water partition coefficient (Wildman–Crippen LogP) is 3.19. The molecule has 4 aromatic heterocycles. The molecule has 1 aromatic carbocycles. The van der Waals surface area contributed by atoms with Crippen molar-refractivity contribution < 1.29 is 4.74 Å². The minimum absolute atomic E-state index is 0.338. The van der Waals surface area contributed by atoms with Crippen molar-refractivity contribution in [2.24, 2.45) is 0 Å². The lowest BCUT2D eigenvalue weighted by Gasteiger charge is -2.35. The Morgan fingerprint density at radius 2 is 2.19 bits per heavy atom. The fourth-order valence-electron chi connectivity index (χ4n) is 4.06. The molecule has 10 heteroatoms. The second kappa shape index (κ2) is 7.10. The summed E-state index contributed by atoms with van der Waals surface area (Å²) in [6, 6.07) is 8.58. The highest BCUT2D eigenvalue weighted by Gasteiger charge is 2.20. The molecule has 4 N–H and O–H groups in total. The van der Waals surface area contributed by atoms with E-state index in [2.05, 4.69) is 65.5 Å². The Morgan fingerprint density at radius 1 is 1.23 bits per heavy atom. The fourth-order valence-corrected chi connectivity index (χ4v) is 4.06. The van der Waals surface area contributed by atoms with Crippen molar-refractivity contribution in [3.63, 3.8) is 0 Å². The Hall–Kier alpha value is -3.92. The van der Waals surface area contributed by atoms with Crippen LogP contribution in [0.2, 0.25) is 0 Å². The number of nitrogens with one attached hydrogen (secondary N) is 4. The van der Waals surface area contributed by atoms with E-state index in [-0.39, 0.29) is 0 Å². The minimum atomic E-state index is 0.338. The van der Waals surface area contributed by atoms with Gasteiger partial charge in [-0.05, 0) is 31.2 Å². The van der Waals surface area contributed by atoms with Gasteiger partial charge in [0.15, 0.2) is 11.5 Å². The number of morpholine rings is 1. The quantitative estimate of drug-likeness (QED) is 0.355. The highest BCUT2D eigenvalue weighted by Crippen LogP contribution is 2.31. The normalized spacial score (nSPS) is 16.9. The summed E-state index contributed by atoms with van der Waals surface area (Å²) in [5.74, 6) is 1.39. The first-order chi connectivity index (χ1) is 15.3. The first kappa shape index (κ1) is 17.9. The maximum atomic E-state index is 5.56. The number of aromatic nitrogens is 7. The summed E-state index contributed by atoms with van der Waals surface area (Å²) < 4.78 is 5.56. The van der Waals surface area contributed by atoms with Gasteiger partial charge >= 0.3 is 0 Å². The van der Waals surface area contributed by atoms with E-state index in [1.165, 1.54) is 6.33 Å². The number of aromatic amines is 3. The number of H-pyrrole nitrogens is 3. The molecule has 1 aliphatic heterocycles. The number of hydrogen-bond donors (Lipinski definition) is 4. The van der Waals surface area contributed by atoms with Crippen molar-refractivity contribution in [2.45, 2.75) is 13.0 Å². The Kier molecular flexibility index (Phi) is 4.10. The van der Waals surface area contributed by atoms with Crippen LogP contribution in [0.4, 0.5) is 17.2 Å². The van der Waals surface area contributed by atoms with Crippen LogP contribution in [-0.4, -0.2) is 60.9 Å². The third-order valence-corrected chi connectivity index (χ3v) is 5.64. The number of ether oxygens (including phenoxy) is 1. The smallest absolute Gasteiger partial charge is 0.161 e. The van der Waals surface area contributed by atoms with Gasteiger partial charge in [0.25, 0.3) is 0 Å². The molecule has 1 fully saturated rings. The molecule has 1 atom stereocenters. The Labute approximate surface area is 177 Å². The summed E-state index contributed by atoms with van der Waals surface area (Å²) >= 11 is 0. The molecule has 0 radical (unpaired) electrons. The van der Waals surface area contributed by atoms with Crippen molar-refractivity contribution in [3.8, 4) is 11.5 Å². The monoisotopic (exact) mass is 415 g/mol. The van der Waals surface area contributed by atoms with Gasteiger partial charge in [-0.2, -0.15) is 5.10 Å². The SMILES string of the molecule is CC1COCCN1c1ccc2[nH]c(-c3n[nH]cc3Nc3ncnc4[nH]ccc34)nc2c1. The average Bonchev–Trinajstić information content (AvgIpc) is 3.53. The lowest BCUT2D eigenvalue weighted by atomic mass is 10.2. The zero-order chi connectivity index (χ0) is 20.8. The predicted molar refractivity (Wildman–Crippen MR) is 118 cm³/mol. The number of rotatable bonds is 4. The lowest BCUT2D eigenvalue weighted by molar-refractivity contribution is 0.0989. The zero-order valence-electron chi connectivity index (χ0n) is 16.9. The van der Waals surface area contributed by atoms with Gasteiger partial charge in [0, 0.05) is 30.7 Å². The molecule has 1 unspecified atom stereocenters. The maximum absolute atomic E-state index is 5.56. The van der Waals surface area contributed by atoms with E-state index in [9.17, 15) is 0 Å². The number of fused-ring (bicyclic) bond motifs is 2. The lowest BCUT2D eigenvalue weighted by Crippen LogP contribution is -2.43. The summed E-state index contributed by atoms with van der Waals surface area (Å²) in [7, 11) is 0. The van der Waals surface area contributed by atoms with E-state index >= 15 is 0 Å². The summed E-state index contributed by atoms with van der Waals surface area (Å²) in [6.07, 6.45) is 5.16. The van der Waals surface area contributed by atoms with Gasteiger partial charge in [-0.25, -0.2) is 15.0 Å². The van der Waals surface area contributed by atoms with E-state index in [1.54, 1.807) is 6.20 Å². The molecule has 0 spiro atoms. The van der Waals surface area contributed by atoms with Crippen LogP contribution in [-0.2, 0) is 4.74 Å². The van der Waals surface area contributed by atoms with Crippen molar-refractivity contribution >= 4 is 39.3 Å². The Bertz CT molecular complexity index is 1370. The molecular formula is C21H21N9O. The number of imidazole rings is 1. The molecule has 5 heterocycles. The topological polar surface area (TPSA) is 123 Å². The van der Waals surface area contributed by atoms with Crippen molar-refractivity contribution in [3.05, 3.63) is 43.0 Å². The van der Waals surface area contributed by atoms with Crippen LogP contribution >= 0.6 is 0 Å². The summed E-state index contributed by atoms with van der Waals surface area (Å²) in [6.45, 7) is 4.54. The van der Waals surface area contributed by atoms with Gasteiger partial charge in [-0.3, -0.25) is 5.10 Å². The Morgan fingerprint density at radius 3 is 3.13 bits per heavy atom. The molecule has 1 aliphatic rings. The van der Waals surface area contributed by atoms with Crippen LogP contribution in [0.25, 0.3) is 33.6 Å². The first-order valence-corrected chi connectivity index (χ1v) is 10.2. The molecule has 1 saturated heterocycles. The molecular weight excluding hydrogens is 394 g/mol. The van der Waals surface area contributed by atoms with Crippen LogP contribution in [0, 0.1) is 0 Å². The molecule has 6 rings (SSSR count). The number of anilines is 3. The zero-order valence-corrected chi connectivity index (χ0v) is 16.9. The number of nitrogens with zero attached hydrogens (tertiary/aromatic N) is 5. The second-order valence-corrected chi connectivity index (χ2v) is 7.64. The van der Waals surface area contributed by atoms with E-state index < -0.39 is 0 Å². The van der Waals surface area contributed by atoms with E-state index in [4.69, 9.17) is 9.72 Å². The van der Waals surface area contributed by atoms with Crippen LogP contribution in [0.3, 0.4) is 0 Å². The summed E-state index contributed by atoms with van der Waals surface area (Å²) in [4.78, 5) is 22.3. The molecule has 10 nitrogen and oxygen atoms in total. The number of benzene rings is 1. The minimum Gasteiger partial charge on any atom is -0.377 e. The van der Waals surface area contributed by atoms with E-state index in [0.29, 0.717) is 23.4 Å². The molecule has 0 bridgehead atoms. The van der Waals surface area contributed by atoms with Crippen LogP contribution in [0.5, 0.6) is 0 Å². The van der Waals surface area contributed by atoms with Gasteiger partial charge in [-0.15, -0.1) is 0 Å². The van der Waals surface area contributed by atoms with Gasteiger partial charge < -0.3 is 24.9 Å². The Balaban J connectivity index is 1.34. The number of hydrogen-bond acceptors (Lipinski definition) is 7. The fraction of sp³-hybridized carbons (Fsp3) is 0.238. The first-order valence-electron chi connectivity index (χ1n) is 10.2. The summed E-state index contributed by atoms with van der Waals surface area (Å²) in [5, 5.41) is 11.6. The van der Waals surface area contributed by atoms with Crippen LogP contribution in [0.1, 0.15) is 6.92 Å². The van der Waals surface area contributed by atoms with Crippen molar-refractivity contribution in [1.29, 1.82) is 0 Å². The van der Waals surface area contributed by atoms with Crippen LogP contribution in [0.15, 0.2) is 43.0 Å².